The van der Waals surface area contributed by atoms with Crippen molar-refractivity contribution in [2.45, 2.75) is 52.1 Å². The fourth-order valence-corrected chi connectivity index (χ4v) is 3.01. The van der Waals surface area contributed by atoms with Gasteiger partial charge in [-0.1, -0.05) is 25.4 Å². The molecule has 2 N–H and O–H groups in total. The van der Waals surface area contributed by atoms with Crippen LogP contribution in [0.25, 0.3) is 0 Å². The van der Waals surface area contributed by atoms with E-state index in [-0.39, 0.29) is 0 Å². The number of hydrogen-bond donors (Lipinski definition) is 1. The molecule has 0 aromatic carbocycles. The van der Waals surface area contributed by atoms with Crippen molar-refractivity contribution in [2.24, 2.45) is 17.6 Å². The predicted molar refractivity (Wildman–Crippen MR) is 74.5 cm³/mol. The second-order valence-electron chi connectivity index (χ2n) is 6.11. The molecule has 1 aliphatic carbocycles. The highest BCUT2D eigenvalue weighted by Crippen LogP contribution is 2.29. The SMILES string of the molecule is CC(C)Cc1noc(CN(C)C2CCCC2CN)n1. The summed E-state index contributed by atoms with van der Waals surface area (Å²) in [5.74, 6) is 2.71. The number of nitrogens with zero attached hydrogens (tertiary/aromatic N) is 3. The van der Waals surface area contributed by atoms with Gasteiger partial charge in [-0.2, -0.15) is 4.98 Å². The Balaban J connectivity index is 1.91. The van der Waals surface area contributed by atoms with Crippen LogP contribution in [-0.4, -0.2) is 34.7 Å². The maximum atomic E-state index is 5.84. The Labute approximate surface area is 115 Å². The van der Waals surface area contributed by atoms with Crippen LogP contribution in [0.4, 0.5) is 0 Å². The number of nitrogens with two attached hydrogens (primary N) is 1. The van der Waals surface area contributed by atoms with Crippen LogP contribution in [0, 0.1) is 11.8 Å². The van der Waals surface area contributed by atoms with Crippen LogP contribution in [0.3, 0.4) is 0 Å². The molecule has 2 unspecified atom stereocenters. The highest BCUT2D eigenvalue weighted by Gasteiger charge is 2.30. The molecule has 2 rings (SSSR count). The van der Waals surface area contributed by atoms with Crippen LogP contribution in [0.5, 0.6) is 0 Å². The minimum absolute atomic E-state index is 0.555. The molecule has 108 valence electrons. The summed E-state index contributed by atoms with van der Waals surface area (Å²) in [6.45, 7) is 5.82. The summed E-state index contributed by atoms with van der Waals surface area (Å²) in [5, 5.41) is 4.04. The quantitative estimate of drug-likeness (QED) is 0.850. The summed E-state index contributed by atoms with van der Waals surface area (Å²) in [5.41, 5.74) is 5.84. The van der Waals surface area contributed by atoms with Crippen molar-refractivity contribution in [1.82, 2.24) is 15.0 Å². The predicted octanol–water partition coefficient (Wildman–Crippen LogP) is 1.83. The Morgan fingerprint density at radius 3 is 2.89 bits per heavy atom. The molecule has 1 saturated carbocycles. The first-order chi connectivity index (χ1) is 9.10. The number of rotatable bonds is 6. The highest BCUT2D eigenvalue weighted by molar-refractivity contribution is 4.90. The second kappa shape index (κ2) is 6.48. The van der Waals surface area contributed by atoms with Gasteiger partial charge in [-0.15, -0.1) is 0 Å². The largest absolute Gasteiger partial charge is 0.338 e. The molecular formula is C14H26N4O. The van der Waals surface area contributed by atoms with Crippen LogP contribution in [0.1, 0.15) is 44.8 Å². The molecule has 0 amide bonds. The van der Waals surface area contributed by atoms with Crippen molar-refractivity contribution >= 4 is 0 Å². The summed E-state index contributed by atoms with van der Waals surface area (Å²) in [6, 6.07) is 0.561. The molecule has 0 bridgehead atoms. The van der Waals surface area contributed by atoms with Crippen molar-refractivity contribution in [3.8, 4) is 0 Å². The number of aromatic nitrogens is 2. The number of hydrogen-bond acceptors (Lipinski definition) is 5. The minimum Gasteiger partial charge on any atom is -0.338 e. The van der Waals surface area contributed by atoms with Gasteiger partial charge in [0.25, 0.3) is 0 Å². The monoisotopic (exact) mass is 266 g/mol. The first-order valence-corrected chi connectivity index (χ1v) is 7.32. The molecule has 2 atom stereocenters. The van der Waals surface area contributed by atoms with E-state index < -0.39 is 0 Å². The van der Waals surface area contributed by atoms with Crippen LogP contribution < -0.4 is 5.73 Å². The van der Waals surface area contributed by atoms with Crippen LogP contribution in [0.15, 0.2) is 4.52 Å². The fraction of sp³-hybridized carbons (Fsp3) is 0.857. The van der Waals surface area contributed by atoms with E-state index in [1.165, 1.54) is 19.3 Å². The maximum absolute atomic E-state index is 5.84. The van der Waals surface area contributed by atoms with E-state index in [4.69, 9.17) is 10.3 Å². The summed E-state index contributed by atoms with van der Waals surface area (Å²) < 4.78 is 5.33. The summed E-state index contributed by atoms with van der Waals surface area (Å²) in [4.78, 5) is 6.78. The van der Waals surface area contributed by atoms with E-state index in [0.29, 0.717) is 17.9 Å². The zero-order valence-electron chi connectivity index (χ0n) is 12.3. The van der Waals surface area contributed by atoms with Crippen LogP contribution in [-0.2, 0) is 13.0 Å². The Morgan fingerprint density at radius 1 is 1.42 bits per heavy atom. The Kier molecular flexibility index (Phi) is 4.93. The molecule has 1 aromatic rings. The van der Waals surface area contributed by atoms with E-state index in [9.17, 15) is 0 Å². The van der Waals surface area contributed by atoms with Crippen LogP contribution in [0.2, 0.25) is 0 Å². The van der Waals surface area contributed by atoms with Gasteiger partial charge in [-0.25, -0.2) is 0 Å². The molecule has 5 nitrogen and oxygen atoms in total. The lowest BCUT2D eigenvalue weighted by Gasteiger charge is -2.27. The highest BCUT2D eigenvalue weighted by atomic mass is 16.5. The summed E-state index contributed by atoms with van der Waals surface area (Å²) >= 11 is 0. The normalized spacial score (nSPS) is 23.7. The molecule has 1 fully saturated rings. The lowest BCUT2D eigenvalue weighted by Crippen LogP contribution is -2.37. The lowest BCUT2D eigenvalue weighted by molar-refractivity contribution is 0.171. The Hall–Kier alpha value is -0.940. The van der Waals surface area contributed by atoms with E-state index in [1.54, 1.807) is 0 Å². The minimum atomic E-state index is 0.555. The first kappa shape index (κ1) is 14.5. The van der Waals surface area contributed by atoms with Gasteiger partial charge in [0, 0.05) is 12.5 Å². The third-order valence-corrected chi connectivity index (χ3v) is 3.97. The maximum Gasteiger partial charge on any atom is 0.240 e. The molecule has 1 aromatic heterocycles. The molecule has 0 spiro atoms. The van der Waals surface area contributed by atoms with Gasteiger partial charge < -0.3 is 10.3 Å². The van der Waals surface area contributed by atoms with Gasteiger partial charge in [0.1, 0.15) is 0 Å². The van der Waals surface area contributed by atoms with Crippen molar-refractivity contribution in [3.63, 3.8) is 0 Å². The molecule has 0 aliphatic heterocycles. The van der Waals surface area contributed by atoms with Gasteiger partial charge in [-0.05, 0) is 38.3 Å². The fourth-order valence-electron chi connectivity index (χ4n) is 3.01. The second-order valence-corrected chi connectivity index (χ2v) is 6.11. The van der Waals surface area contributed by atoms with E-state index in [1.807, 2.05) is 0 Å². The third-order valence-electron chi connectivity index (χ3n) is 3.97. The first-order valence-electron chi connectivity index (χ1n) is 7.32. The van der Waals surface area contributed by atoms with Gasteiger partial charge in [-0.3, -0.25) is 4.90 Å². The molecule has 1 aliphatic rings. The molecule has 1 heterocycles. The van der Waals surface area contributed by atoms with Crippen molar-refractivity contribution in [2.75, 3.05) is 13.6 Å². The zero-order valence-corrected chi connectivity index (χ0v) is 12.3. The van der Waals surface area contributed by atoms with Crippen LogP contribution >= 0.6 is 0 Å². The van der Waals surface area contributed by atoms with Crippen molar-refractivity contribution in [3.05, 3.63) is 11.7 Å². The smallest absolute Gasteiger partial charge is 0.240 e. The van der Waals surface area contributed by atoms with E-state index >= 15 is 0 Å². The Bertz CT molecular complexity index is 391. The summed E-state index contributed by atoms with van der Waals surface area (Å²) in [6.07, 6.45) is 4.63. The summed E-state index contributed by atoms with van der Waals surface area (Å²) in [7, 11) is 2.13. The average molecular weight is 266 g/mol. The van der Waals surface area contributed by atoms with E-state index in [0.717, 1.165) is 31.2 Å². The Morgan fingerprint density at radius 2 is 2.21 bits per heavy atom. The van der Waals surface area contributed by atoms with Crippen molar-refractivity contribution < 1.29 is 4.52 Å². The topological polar surface area (TPSA) is 68.2 Å². The molecule has 0 radical (unpaired) electrons. The van der Waals surface area contributed by atoms with Gasteiger partial charge >= 0.3 is 0 Å². The van der Waals surface area contributed by atoms with Crippen molar-refractivity contribution in [1.29, 1.82) is 0 Å². The van der Waals surface area contributed by atoms with E-state index in [2.05, 4.69) is 35.9 Å². The lowest BCUT2D eigenvalue weighted by atomic mass is 10.0. The molecule has 19 heavy (non-hydrogen) atoms. The third kappa shape index (κ3) is 3.76. The average Bonchev–Trinajstić information content (AvgIpc) is 2.96. The van der Waals surface area contributed by atoms with Gasteiger partial charge in [0.2, 0.25) is 5.89 Å². The van der Waals surface area contributed by atoms with Gasteiger partial charge in [0.05, 0.1) is 6.54 Å². The molecule has 5 heteroatoms. The van der Waals surface area contributed by atoms with Gasteiger partial charge in [0.15, 0.2) is 5.82 Å². The molecule has 0 saturated heterocycles. The molecular weight excluding hydrogens is 240 g/mol. The standard InChI is InChI=1S/C14H26N4O/c1-10(2)7-13-16-14(19-17-13)9-18(3)12-6-4-5-11(12)8-15/h10-12H,4-9,15H2,1-3H3. The zero-order chi connectivity index (χ0) is 13.8.